The molecular formula is C16H17BrN2O. The number of rotatable bonds is 3. The summed E-state index contributed by atoms with van der Waals surface area (Å²) in [5, 5.41) is 2.90. The molecule has 3 nitrogen and oxygen atoms in total. The monoisotopic (exact) mass is 332 g/mol. The molecule has 0 radical (unpaired) electrons. The van der Waals surface area contributed by atoms with Gasteiger partial charge >= 0.3 is 0 Å². The van der Waals surface area contributed by atoms with E-state index in [1.54, 1.807) is 18.2 Å². The average Bonchev–Trinajstić information content (AvgIpc) is 2.42. The summed E-state index contributed by atoms with van der Waals surface area (Å²) in [5.74, 6) is 0.282. The summed E-state index contributed by atoms with van der Waals surface area (Å²) < 4.78 is 0.723. The number of benzene rings is 2. The third kappa shape index (κ3) is 3.39. The molecular weight excluding hydrogens is 316 g/mol. The van der Waals surface area contributed by atoms with Gasteiger partial charge in [-0.25, -0.2) is 0 Å². The summed E-state index contributed by atoms with van der Waals surface area (Å²) in [4.78, 5) is 12.2. The lowest BCUT2D eigenvalue weighted by Gasteiger charge is -2.10. The van der Waals surface area contributed by atoms with Crippen LogP contribution in [0.25, 0.3) is 0 Å². The smallest absolute Gasteiger partial charge is 0.255 e. The second-order valence-electron chi connectivity index (χ2n) is 4.97. The number of hydrogen-bond acceptors (Lipinski definition) is 2. The van der Waals surface area contributed by atoms with Crippen LogP contribution in [-0.4, -0.2) is 5.91 Å². The molecule has 0 heterocycles. The van der Waals surface area contributed by atoms with Crippen molar-refractivity contribution in [3.63, 3.8) is 0 Å². The van der Waals surface area contributed by atoms with E-state index in [2.05, 4.69) is 41.2 Å². The number of anilines is 2. The van der Waals surface area contributed by atoms with E-state index >= 15 is 0 Å². The molecule has 0 saturated carbocycles. The predicted molar refractivity (Wildman–Crippen MR) is 87.0 cm³/mol. The highest BCUT2D eigenvalue weighted by Crippen LogP contribution is 2.22. The average molecular weight is 333 g/mol. The van der Waals surface area contributed by atoms with Crippen LogP contribution in [0.1, 0.15) is 35.7 Å². The Hall–Kier alpha value is -1.81. The number of halogens is 1. The molecule has 104 valence electrons. The zero-order chi connectivity index (χ0) is 14.7. The molecule has 2 aromatic rings. The largest absolute Gasteiger partial charge is 0.398 e. The van der Waals surface area contributed by atoms with Crippen molar-refractivity contribution >= 4 is 33.2 Å². The van der Waals surface area contributed by atoms with Crippen molar-refractivity contribution in [2.75, 3.05) is 11.1 Å². The molecule has 1 amide bonds. The number of nitrogens with one attached hydrogen (secondary N) is 1. The van der Waals surface area contributed by atoms with E-state index in [1.807, 2.05) is 18.2 Å². The lowest BCUT2D eigenvalue weighted by Crippen LogP contribution is -2.12. The van der Waals surface area contributed by atoms with E-state index in [-0.39, 0.29) is 5.91 Å². The van der Waals surface area contributed by atoms with E-state index in [0.717, 1.165) is 10.2 Å². The van der Waals surface area contributed by atoms with Crippen LogP contribution in [0.5, 0.6) is 0 Å². The van der Waals surface area contributed by atoms with Crippen LogP contribution in [0, 0.1) is 0 Å². The van der Waals surface area contributed by atoms with Gasteiger partial charge in [0.2, 0.25) is 0 Å². The molecule has 0 aliphatic heterocycles. The first-order valence-electron chi connectivity index (χ1n) is 6.43. The van der Waals surface area contributed by atoms with E-state index in [4.69, 9.17) is 5.73 Å². The summed E-state index contributed by atoms with van der Waals surface area (Å²) in [6.07, 6.45) is 0. The maximum absolute atomic E-state index is 12.2. The van der Waals surface area contributed by atoms with Crippen LogP contribution in [-0.2, 0) is 0 Å². The number of hydrogen-bond donors (Lipinski definition) is 2. The quantitative estimate of drug-likeness (QED) is 0.818. The minimum Gasteiger partial charge on any atom is -0.398 e. The van der Waals surface area contributed by atoms with Crippen molar-refractivity contribution in [1.29, 1.82) is 0 Å². The van der Waals surface area contributed by atoms with Crippen molar-refractivity contribution in [1.82, 2.24) is 0 Å². The Labute approximate surface area is 127 Å². The molecule has 0 spiro atoms. The van der Waals surface area contributed by atoms with Gasteiger partial charge in [0.1, 0.15) is 0 Å². The van der Waals surface area contributed by atoms with Crippen LogP contribution < -0.4 is 11.1 Å². The van der Waals surface area contributed by atoms with Gasteiger partial charge in [-0.3, -0.25) is 4.79 Å². The first-order chi connectivity index (χ1) is 9.47. The number of nitrogens with two attached hydrogens (primary N) is 1. The molecule has 0 atom stereocenters. The van der Waals surface area contributed by atoms with E-state index in [9.17, 15) is 4.79 Å². The minimum atomic E-state index is -0.147. The molecule has 0 bridgehead atoms. The van der Waals surface area contributed by atoms with Crippen LogP contribution in [0.15, 0.2) is 46.9 Å². The summed E-state index contributed by atoms with van der Waals surface area (Å²) in [7, 11) is 0. The first kappa shape index (κ1) is 14.6. The molecule has 0 aliphatic carbocycles. The van der Waals surface area contributed by atoms with Crippen LogP contribution in [0.4, 0.5) is 11.4 Å². The van der Waals surface area contributed by atoms with Crippen molar-refractivity contribution in [2.24, 2.45) is 0 Å². The van der Waals surface area contributed by atoms with Gasteiger partial charge in [0.15, 0.2) is 0 Å². The SMILES string of the molecule is CC(C)c1cccc(NC(=O)c2ccc(N)c(Br)c2)c1. The highest BCUT2D eigenvalue weighted by Gasteiger charge is 2.08. The van der Waals surface area contributed by atoms with E-state index in [0.29, 0.717) is 17.2 Å². The number of amides is 1. The third-order valence-corrected chi connectivity index (χ3v) is 3.76. The fraction of sp³-hybridized carbons (Fsp3) is 0.188. The zero-order valence-electron chi connectivity index (χ0n) is 11.5. The Kier molecular flexibility index (Phi) is 4.45. The van der Waals surface area contributed by atoms with E-state index < -0.39 is 0 Å². The van der Waals surface area contributed by atoms with Gasteiger partial charge in [-0.1, -0.05) is 26.0 Å². The maximum Gasteiger partial charge on any atom is 0.255 e. The molecule has 0 saturated heterocycles. The summed E-state index contributed by atoms with van der Waals surface area (Å²) in [5.41, 5.74) is 8.90. The molecule has 0 aromatic heterocycles. The Balaban J connectivity index is 2.19. The second-order valence-corrected chi connectivity index (χ2v) is 5.82. The number of carbonyl (C=O) groups is 1. The molecule has 2 rings (SSSR count). The molecule has 4 heteroatoms. The first-order valence-corrected chi connectivity index (χ1v) is 7.23. The molecule has 2 aromatic carbocycles. The Bertz CT molecular complexity index is 638. The van der Waals surface area contributed by atoms with Crippen molar-refractivity contribution in [3.8, 4) is 0 Å². The van der Waals surface area contributed by atoms with Gasteiger partial charge in [0.25, 0.3) is 5.91 Å². The molecule has 0 aliphatic rings. The van der Waals surface area contributed by atoms with Gasteiger partial charge in [0.05, 0.1) is 0 Å². The van der Waals surface area contributed by atoms with Crippen molar-refractivity contribution < 1.29 is 4.79 Å². The number of carbonyl (C=O) groups excluding carboxylic acids is 1. The van der Waals surface area contributed by atoms with Crippen molar-refractivity contribution in [2.45, 2.75) is 19.8 Å². The molecule has 0 fully saturated rings. The molecule has 0 unspecified atom stereocenters. The number of nitrogen functional groups attached to an aromatic ring is 1. The van der Waals surface area contributed by atoms with Crippen LogP contribution in [0.3, 0.4) is 0 Å². The van der Waals surface area contributed by atoms with Gasteiger partial charge in [-0.15, -0.1) is 0 Å². The van der Waals surface area contributed by atoms with Crippen LogP contribution >= 0.6 is 15.9 Å². The summed E-state index contributed by atoms with van der Waals surface area (Å²) >= 11 is 3.33. The maximum atomic E-state index is 12.2. The van der Waals surface area contributed by atoms with Crippen molar-refractivity contribution in [3.05, 3.63) is 58.1 Å². The van der Waals surface area contributed by atoms with Gasteiger partial charge in [0, 0.05) is 21.4 Å². The zero-order valence-corrected chi connectivity index (χ0v) is 13.1. The Morgan fingerprint density at radius 2 is 1.95 bits per heavy atom. The minimum absolute atomic E-state index is 0.147. The Morgan fingerprint density at radius 3 is 2.60 bits per heavy atom. The second kappa shape index (κ2) is 6.09. The van der Waals surface area contributed by atoms with Crippen LogP contribution in [0.2, 0.25) is 0 Å². The Morgan fingerprint density at radius 1 is 1.20 bits per heavy atom. The summed E-state index contributed by atoms with van der Waals surface area (Å²) in [6, 6.07) is 13.0. The lowest BCUT2D eigenvalue weighted by molar-refractivity contribution is 0.102. The normalized spacial score (nSPS) is 10.6. The van der Waals surface area contributed by atoms with Gasteiger partial charge < -0.3 is 11.1 Å². The molecule has 20 heavy (non-hydrogen) atoms. The van der Waals surface area contributed by atoms with Gasteiger partial charge in [-0.05, 0) is 57.7 Å². The molecule has 3 N–H and O–H groups in total. The summed E-state index contributed by atoms with van der Waals surface area (Å²) in [6.45, 7) is 4.25. The van der Waals surface area contributed by atoms with E-state index in [1.165, 1.54) is 5.56 Å². The standard InChI is InChI=1S/C16H17BrN2O/c1-10(2)11-4-3-5-13(8-11)19-16(20)12-6-7-15(18)14(17)9-12/h3-10H,18H2,1-2H3,(H,19,20). The fourth-order valence-electron chi connectivity index (χ4n) is 1.85. The predicted octanol–water partition coefficient (Wildman–Crippen LogP) is 4.41. The third-order valence-electron chi connectivity index (χ3n) is 3.07. The van der Waals surface area contributed by atoms with Gasteiger partial charge in [-0.2, -0.15) is 0 Å². The fourth-order valence-corrected chi connectivity index (χ4v) is 2.23. The highest BCUT2D eigenvalue weighted by atomic mass is 79.9. The highest BCUT2D eigenvalue weighted by molar-refractivity contribution is 9.10. The lowest BCUT2D eigenvalue weighted by atomic mass is 10.0. The topological polar surface area (TPSA) is 55.1 Å².